The van der Waals surface area contributed by atoms with Gasteiger partial charge in [0.15, 0.2) is 0 Å². The summed E-state index contributed by atoms with van der Waals surface area (Å²) in [6, 6.07) is 9.28. The van der Waals surface area contributed by atoms with Crippen LogP contribution in [0.15, 0.2) is 53.9 Å². The van der Waals surface area contributed by atoms with Gasteiger partial charge in [-0.05, 0) is 29.8 Å². The number of piperidine rings is 1. The van der Waals surface area contributed by atoms with Crippen LogP contribution in [0.4, 0.5) is 13.2 Å². The van der Waals surface area contributed by atoms with E-state index in [2.05, 4.69) is 15.0 Å². The second-order valence-corrected chi connectivity index (χ2v) is 7.20. The van der Waals surface area contributed by atoms with Gasteiger partial charge in [0.25, 0.3) is 0 Å². The van der Waals surface area contributed by atoms with Gasteiger partial charge in [0.05, 0.1) is 11.3 Å². The minimum atomic E-state index is -4.29. The van der Waals surface area contributed by atoms with Crippen molar-refractivity contribution in [3.63, 3.8) is 0 Å². The van der Waals surface area contributed by atoms with Crippen molar-refractivity contribution in [3.05, 3.63) is 65.5 Å². The van der Waals surface area contributed by atoms with Crippen LogP contribution in [0.5, 0.6) is 0 Å². The van der Waals surface area contributed by atoms with E-state index in [0.717, 1.165) is 61.3 Å². The summed E-state index contributed by atoms with van der Waals surface area (Å²) in [6.45, 7) is 2.30. The molecule has 0 radical (unpaired) electrons. The second-order valence-electron chi connectivity index (χ2n) is 7.20. The highest BCUT2D eigenvalue weighted by molar-refractivity contribution is 6.01. The van der Waals surface area contributed by atoms with Gasteiger partial charge in [-0.1, -0.05) is 17.3 Å². The lowest BCUT2D eigenvalue weighted by atomic mass is 9.85. The fraction of sp³-hybridized carbons (Fsp3) is 0.400. The molecule has 0 saturated carbocycles. The standard InChI is InChI=1S/C20H20F3N3O/c21-20(22,23)17-5-3-15(4-6-17)14-26-10-7-19(8-11-26)12-18(25-27-19)16-2-1-9-24-13-16/h1-6,9,13H,7-8,10-12,14H2. The van der Waals surface area contributed by atoms with Crippen LogP contribution in [0.25, 0.3) is 0 Å². The summed E-state index contributed by atoms with van der Waals surface area (Å²) in [5.41, 5.74) is 1.93. The van der Waals surface area contributed by atoms with Gasteiger partial charge in [0, 0.05) is 56.9 Å². The topological polar surface area (TPSA) is 37.7 Å². The van der Waals surface area contributed by atoms with Gasteiger partial charge in [0.2, 0.25) is 0 Å². The number of hydrogen-bond donors (Lipinski definition) is 0. The highest BCUT2D eigenvalue weighted by Gasteiger charge is 2.42. The van der Waals surface area contributed by atoms with E-state index in [4.69, 9.17) is 4.84 Å². The molecule has 1 aromatic heterocycles. The Bertz CT molecular complexity index is 811. The number of rotatable bonds is 3. The van der Waals surface area contributed by atoms with Crippen LogP contribution in [0.3, 0.4) is 0 Å². The highest BCUT2D eigenvalue weighted by atomic mass is 19.4. The molecule has 4 rings (SSSR count). The molecule has 1 fully saturated rings. The van der Waals surface area contributed by atoms with Gasteiger partial charge in [-0.15, -0.1) is 0 Å². The first-order valence-corrected chi connectivity index (χ1v) is 8.98. The molecule has 1 aromatic carbocycles. The Labute approximate surface area is 155 Å². The predicted octanol–water partition coefficient (Wildman–Crippen LogP) is 4.26. The van der Waals surface area contributed by atoms with E-state index in [-0.39, 0.29) is 5.60 Å². The molecular weight excluding hydrogens is 355 g/mol. The van der Waals surface area contributed by atoms with Crippen molar-refractivity contribution < 1.29 is 18.0 Å². The maximum absolute atomic E-state index is 12.7. The molecule has 0 unspecified atom stereocenters. The van der Waals surface area contributed by atoms with Crippen molar-refractivity contribution in [2.24, 2.45) is 5.16 Å². The number of halogens is 3. The first kappa shape index (κ1) is 18.0. The summed E-state index contributed by atoms with van der Waals surface area (Å²) < 4.78 is 38.0. The van der Waals surface area contributed by atoms with E-state index in [9.17, 15) is 13.2 Å². The number of hydrogen-bond acceptors (Lipinski definition) is 4. The number of nitrogens with zero attached hydrogens (tertiary/aromatic N) is 3. The normalized spacial score (nSPS) is 19.7. The van der Waals surface area contributed by atoms with Crippen LogP contribution < -0.4 is 0 Å². The Kier molecular flexibility index (Phi) is 4.63. The van der Waals surface area contributed by atoms with E-state index in [1.165, 1.54) is 0 Å². The number of oxime groups is 1. The SMILES string of the molecule is FC(F)(F)c1ccc(CN2CCC3(CC2)CC(c2cccnc2)=NO3)cc1. The summed E-state index contributed by atoms with van der Waals surface area (Å²) in [5.74, 6) is 0. The molecule has 0 aliphatic carbocycles. The second kappa shape index (κ2) is 6.96. The lowest BCUT2D eigenvalue weighted by molar-refractivity contribution is -0.137. The number of pyridine rings is 1. The zero-order valence-electron chi connectivity index (χ0n) is 14.7. The minimum Gasteiger partial charge on any atom is -0.388 e. The van der Waals surface area contributed by atoms with E-state index in [1.54, 1.807) is 24.5 Å². The fourth-order valence-corrected chi connectivity index (χ4v) is 3.65. The fourth-order valence-electron chi connectivity index (χ4n) is 3.65. The molecular formula is C20H20F3N3O. The molecule has 0 bridgehead atoms. The monoisotopic (exact) mass is 375 g/mol. The third kappa shape index (κ3) is 3.98. The summed E-state index contributed by atoms with van der Waals surface area (Å²) in [5, 5.41) is 4.28. The third-order valence-electron chi connectivity index (χ3n) is 5.29. The highest BCUT2D eigenvalue weighted by Crippen LogP contribution is 2.36. The van der Waals surface area contributed by atoms with Crippen LogP contribution in [-0.4, -0.2) is 34.3 Å². The largest absolute Gasteiger partial charge is 0.416 e. The molecule has 2 aliphatic rings. The molecule has 1 spiro atoms. The Morgan fingerprint density at radius 1 is 1.07 bits per heavy atom. The van der Waals surface area contributed by atoms with Gasteiger partial charge >= 0.3 is 6.18 Å². The van der Waals surface area contributed by atoms with Crippen LogP contribution in [-0.2, 0) is 17.6 Å². The maximum Gasteiger partial charge on any atom is 0.416 e. The Hall–Kier alpha value is -2.41. The number of alkyl halides is 3. The number of benzene rings is 1. The van der Waals surface area contributed by atoms with Crippen molar-refractivity contribution >= 4 is 5.71 Å². The summed E-state index contributed by atoms with van der Waals surface area (Å²) in [7, 11) is 0. The van der Waals surface area contributed by atoms with Crippen LogP contribution >= 0.6 is 0 Å². The summed E-state index contributed by atoms with van der Waals surface area (Å²) in [4.78, 5) is 12.2. The molecule has 0 atom stereocenters. The minimum absolute atomic E-state index is 0.262. The molecule has 1 saturated heterocycles. The zero-order valence-corrected chi connectivity index (χ0v) is 14.7. The van der Waals surface area contributed by atoms with E-state index >= 15 is 0 Å². The average molecular weight is 375 g/mol. The molecule has 0 N–H and O–H groups in total. The number of aromatic nitrogens is 1. The van der Waals surface area contributed by atoms with E-state index in [1.807, 2.05) is 12.1 Å². The van der Waals surface area contributed by atoms with Gasteiger partial charge in [-0.3, -0.25) is 9.88 Å². The predicted molar refractivity (Wildman–Crippen MR) is 95.2 cm³/mol. The molecule has 142 valence electrons. The van der Waals surface area contributed by atoms with E-state index in [0.29, 0.717) is 6.54 Å². The lowest BCUT2D eigenvalue weighted by Gasteiger charge is -2.37. The molecule has 3 heterocycles. The molecule has 2 aromatic rings. The number of likely N-dealkylation sites (tertiary alicyclic amines) is 1. The molecule has 0 amide bonds. The van der Waals surface area contributed by atoms with Crippen molar-refractivity contribution in [1.29, 1.82) is 0 Å². The Morgan fingerprint density at radius 3 is 2.44 bits per heavy atom. The van der Waals surface area contributed by atoms with Crippen LogP contribution in [0.1, 0.15) is 36.0 Å². The molecule has 27 heavy (non-hydrogen) atoms. The van der Waals surface area contributed by atoms with Crippen molar-refractivity contribution in [2.75, 3.05) is 13.1 Å². The van der Waals surface area contributed by atoms with Crippen molar-refractivity contribution in [2.45, 2.75) is 37.6 Å². The first-order valence-electron chi connectivity index (χ1n) is 8.98. The smallest absolute Gasteiger partial charge is 0.388 e. The summed E-state index contributed by atoms with van der Waals surface area (Å²) >= 11 is 0. The third-order valence-corrected chi connectivity index (χ3v) is 5.29. The van der Waals surface area contributed by atoms with Crippen molar-refractivity contribution in [3.8, 4) is 0 Å². The Balaban J connectivity index is 1.32. The average Bonchev–Trinajstić information content (AvgIpc) is 3.08. The van der Waals surface area contributed by atoms with Gasteiger partial charge < -0.3 is 4.84 Å². The Morgan fingerprint density at radius 2 is 1.81 bits per heavy atom. The zero-order chi connectivity index (χ0) is 18.9. The van der Waals surface area contributed by atoms with Crippen molar-refractivity contribution in [1.82, 2.24) is 9.88 Å². The quantitative estimate of drug-likeness (QED) is 0.805. The first-order chi connectivity index (χ1) is 12.9. The van der Waals surface area contributed by atoms with Crippen LogP contribution in [0, 0.1) is 0 Å². The molecule has 2 aliphatic heterocycles. The van der Waals surface area contributed by atoms with Gasteiger partial charge in [-0.25, -0.2) is 0 Å². The molecule has 7 heteroatoms. The van der Waals surface area contributed by atoms with E-state index < -0.39 is 11.7 Å². The van der Waals surface area contributed by atoms with Gasteiger partial charge in [-0.2, -0.15) is 13.2 Å². The lowest BCUT2D eigenvalue weighted by Crippen LogP contribution is -2.44. The van der Waals surface area contributed by atoms with Crippen LogP contribution in [0.2, 0.25) is 0 Å². The molecule has 4 nitrogen and oxygen atoms in total. The van der Waals surface area contributed by atoms with Gasteiger partial charge in [0.1, 0.15) is 5.60 Å². The maximum atomic E-state index is 12.7. The summed E-state index contributed by atoms with van der Waals surface area (Å²) in [6.07, 6.45) is 1.70.